The maximum Gasteiger partial charge on any atom is 0.159 e. The SMILES string of the molecule is C/C(=N/Nc1cc(-n2nc(C)cc2-c2ccccc2)ncn1)c1ccc(F)cc1. The van der Waals surface area contributed by atoms with Gasteiger partial charge in [0.2, 0.25) is 0 Å². The van der Waals surface area contributed by atoms with Crippen LogP contribution in [0, 0.1) is 12.7 Å². The molecule has 6 nitrogen and oxygen atoms in total. The lowest BCUT2D eigenvalue weighted by atomic mass is 10.1. The first-order valence-corrected chi connectivity index (χ1v) is 9.11. The molecule has 0 aliphatic carbocycles. The highest BCUT2D eigenvalue weighted by Gasteiger charge is 2.11. The van der Waals surface area contributed by atoms with Crippen molar-refractivity contribution < 1.29 is 4.39 Å². The lowest BCUT2D eigenvalue weighted by Crippen LogP contribution is -2.05. The second-order valence-electron chi connectivity index (χ2n) is 6.53. The monoisotopic (exact) mass is 386 g/mol. The molecule has 4 aromatic rings. The standard InChI is InChI=1S/C22H19FN6/c1-15-12-20(18-6-4-3-5-7-18)29(28-15)22-13-21(24-14-25-22)27-26-16(2)17-8-10-19(23)11-9-17/h3-14H,1-2H3,(H,24,25,27)/b26-16-. The second-order valence-corrected chi connectivity index (χ2v) is 6.53. The lowest BCUT2D eigenvalue weighted by molar-refractivity contribution is 0.628. The van der Waals surface area contributed by atoms with E-state index in [2.05, 4.69) is 25.6 Å². The molecule has 0 saturated carbocycles. The number of hydrazone groups is 1. The summed E-state index contributed by atoms with van der Waals surface area (Å²) in [5.74, 6) is 0.881. The van der Waals surface area contributed by atoms with Gasteiger partial charge in [-0.1, -0.05) is 42.5 Å². The van der Waals surface area contributed by atoms with Crippen LogP contribution in [-0.4, -0.2) is 25.5 Å². The Morgan fingerprint density at radius 2 is 1.76 bits per heavy atom. The minimum atomic E-state index is -0.279. The van der Waals surface area contributed by atoms with Crippen LogP contribution in [0.5, 0.6) is 0 Å². The summed E-state index contributed by atoms with van der Waals surface area (Å²) in [4.78, 5) is 8.59. The Hall–Kier alpha value is -3.87. The third-order valence-electron chi connectivity index (χ3n) is 4.37. The summed E-state index contributed by atoms with van der Waals surface area (Å²) in [7, 11) is 0. The van der Waals surface area contributed by atoms with Gasteiger partial charge in [0.1, 0.15) is 12.1 Å². The quantitative estimate of drug-likeness (QED) is 0.402. The van der Waals surface area contributed by atoms with E-state index in [-0.39, 0.29) is 5.82 Å². The molecule has 0 spiro atoms. The van der Waals surface area contributed by atoms with Crippen LogP contribution < -0.4 is 5.43 Å². The van der Waals surface area contributed by atoms with Crippen molar-refractivity contribution in [1.82, 2.24) is 19.7 Å². The van der Waals surface area contributed by atoms with E-state index in [0.29, 0.717) is 17.3 Å². The van der Waals surface area contributed by atoms with E-state index in [1.165, 1.54) is 18.5 Å². The first-order chi connectivity index (χ1) is 14.1. The van der Waals surface area contributed by atoms with Crippen LogP contribution >= 0.6 is 0 Å². The second kappa shape index (κ2) is 8.02. The van der Waals surface area contributed by atoms with Gasteiger partial charge in [0.25, 0.3) is 0 Å². The van der Waals surface area contributed by atoms with E-state index in [1.807, 2.05) is 50.2 Å². The fourth-order valence-corrected chi connectivity index (χ4v) is 2.91. The molecule has 0 fully saturated rings. The van der Waals surface area contributed by atoms with E-state index >= 15 is 0 Å². The van der Waals surface area contributed by atoms with Gasteiger partial charge in [-0.2, -0.15) is 10.2 Å². The number of hydrogen-bond acceptors (Lipinski definition) is 5. The average molecular weight is 386 g/mol. The maximum atomic E-state index is 13.1. The summed E-state index contributed by atoms with van der Waals surface area (Å²) in [6.45, 7) is 3.78. The summed E-state index contributed by atoms with van der Waals surface area (Å²) >= 11 is 0. The highest BCUT2D eigenvalue weighted by molar-refractivity contribution is 5.99. The van der Waals surface area contributed by atoms with Crippen molar-refractivity contribution in [2.75, 3.05) is 5.43 Å². The topological polar surface area (TPSA) is 68.0 Å². The number of nitrogens with zero attached hydrogens (tertiary/aromatic N) is 5. The van der Waals surface area contributed by atoms with Crippen LogP contribution in [0.4, 0.5) is 10.2 Å². The normalized spacial score (nSPS) is 11.5. The summed E-state index contributed by atoms with van der Waals surface area (Å²) in [6.07, 6.45) is 1.46. The van der Waals surface area contributed by atoms with Gasteiger partial charge in [0, 0.05) is 11.6 Å². The lowest BCUT2D eigenvalue weighted by Gasteiger charge is -2.08. The summed E-state index contributed by atoms with van der Waals surface area (Å²) in [5, 5.41) is 8.92. The van der Waals surface area contributed by atoms with Crippen LogP contribution in [0.3, 0.4) is 0 Å². The van der Waals surface area contributed by atoms with Crippen molar-refractivity contribution in [3.63, 3.8) is 0 Å². The van der Waals surface area contributed by atoms with E-state index in [0.717, 1.165) is 22.5 Å². The van der Waals surface area contributed by atoms with Crippen molar-refractivity contribution in [2.45, 2.75) is 13.8 Å². The summed E-state index contributed by atoms with van der Waals surface area (Å²) in [5.41, 5.74) is 7.35. The predicted octanol–water partition coefficient (Wildman–Crippen LogP) is 4.61. The summed E-state index contributed by atoms with van der Waals surface area (Å²) < 4.78 is 14.9. The van der Waals surface area contributed by atoms with Crippen molar-refractivity contribution >= 4 is 11.5 Å². The van der Waals surface area contributed by atoms with E-state index in [9.17, 15) is 4.39 Å². The zero-order valence-electron chi connectivity index (χ0n) is 16.0. The molecule has 0 atom stereocenters. The molecule has 0 saturated heterocycles. The van der Waals surface area contributed by atoms with Gasteiger partial charge in [-0.05, 0) is 37.6 Å². The zero-order valence-corrected chi connectivity index (χ0v) is 16.0. The Morgan fingerprint density at radius 3 is 2.52 bits per heavy atom. The number of aryl methyl sites for hydroxylation is 1. The number of anilines is 1. The Bertz CT molecular complexity index is 1150. The van der Waals surface area contributed by atoms with Gasteiger partial charge in [-0.3, -0.25) is 5.43 Å². The Kier molecular flexibility index (Phi) is 5.11. The predicted molar refractivity (Wildman–Crippen MR) is 112 cm³/mol. The highest BCUT2D eigenvalue weighted by atomic mass is 19.1. The number of halogens is 1. The van der Waals surface area contributed by atoms with E-state index in [1.54, 1.807) is 22.9 Å². The molecule has 2 aromatic heterocycles. The molecular formula is C22H19FN6. The molecule has 2 aromatic carbocycles. The third kappa shape index (κ3) is 4.19. The Morgan fingerprint density at radius 1 is 1.00 bits per heavy atom. The number of nitrogens with one attached hydrogen (secondary N) is 1. The van der Waals surface area contributed by atoms with Gasteiger partial charge in [-0.25, -0.2) is 19.0 Å². The Labute approximate surface area is 167 Å². The highest BCUT2D eigenvalue weighted by Crippen LogP contribution is 2.23. The molecule has 29 heavy (non-hydrogen) atoms. The largest absolute Gasteiger partial charge is 0.261 e. The Balaban J connectivity index is 1.62. The van der Waals surface area contributed by atoms with Gasteiger partial charge < -0.3 is 0 Å². The van der Waals surface area contributed by atoms with Crippen LogP contribution in [-0.2, 0) is 0 Å². The minimum absolute atomic E-state index is 0.279. The van der Waals surface area contributed by atoms with Crippen molar-refractivity contribution in [3.05, 3.63) is 90.1 Å². The molecule has 7 heteroatoms. The molecule has 144 valence electrons. The number of rotatable bonds is 5. The van der Waals surface area contributed by atoms with Crippen LogP contribution in [0.15, 0.2) is 78.2 Å². The zero-order chi connectivity index (χ0) is 20.2. The van der Waals surface area contributed by atoms with Crippen LogP contribution in [0.1, 0.15) is 18.2 Å². The number of aromatic nitrogens is 4. The molecule has 0 bridgehead atoms. The molecule has 0 unspecified atom stereocenters. The molecule has 0 amide bonds. The van der Waals surface area contributed by atoms with E-state index < -0.39 is 0 Å². The van der Waals surface area contributed by atoms with E-state index in [4.69, 9.17) is 0 Å². The van der Waals surface area contributed by atoms with Crippen LogP contribution in [0.25, 0.3) is 17.1 Å². The van der Waals surface area contributed by atoms with Crippen molar-refractivity contribution in [1.29, 1.82) is 0 Å². The number of benzene rings is 2. The fourth-order valence-electron chi connectivity index (χ4n) is 2.91. The van der Waals surface area contributed by atoms with Crippen molar-refractivity contribution in [2.24, 2.45) is 5.10 Å². The van der Waals surface area contributed by atoms with Crippen molar-refractivity contribution in [3.8, 4) is 17.1 Å². The first kappa shape index (κ1) is 18.5. The molecular weight excluding hydrogens is 367 g/mol. The molecule has 0 aliphatic heterocycles. The minimum Gasteiger partial charge on any atom is -0.261 e. The molecule has 2 heterocycles. The van der Waals surface area contributed by atoms with Gasteiger partial charge in [-0.15, -0.1) is 0 Å². The maximum absolute atomic E-state index is 13.1. The average Bonchev–Trinajstić information content (AvgIpc) is 3.15. The molecule has 0 aliphatic rings. The molecule has 4 rings (SSSR count). The van der Waals surface area contributed by atoms with Gasteiger partial charge in [0.05, 0.1) is 17.1 Å². The van der Waals surface area contributed by atoms with Gasteiger partial charge in [0.15, 0.2) is 11.6 Å². The fraction of sp³-hybridized carbons (Fsp3) is 0.0909. The smallest absolute Gasteiger partial charge is 0.159 e. The van der Waals surface area contributed by atoms with Gasteiger partial charge >= 0.3 is 0 Å². The molecule has 0 radical (unpaired) electrons. The third-order valence-corrected chi connectivity index (χ3v) is 4.37. The number of hydrogen-bond donors (Lipinski definition) is 1. The molecule has 1 N–H and O–H groups in total. The van der Waals surface area contributed by atoms with Crippen LogP contribution in [0.2, 0.25) is 0 Å². The first-order valence-electron chi connectivity index (χ1n) is 9.11. The summed E-state index contributed by atoms with van der Waals surface area (Å²) in [6, 6.07) is 20.0.